The number of rotatable bonds is 14. The van der Waals surface area contributed by atoms with Crippen LogP contribution in [0.3, 0.4) is 0 Å². The number of methoxy groups -OCH3 is 1. The van der Waals surface area contributed by atoms with E-state index in [9.17, 15) is 27.6 Å². The number of sulfonamides is 1. The van der Waals surface area contributed by atoms with Crippen LogP contribution in [-0.4, -0.2) is 89.2 Å². The van der Waals surface area contributed by atoms with Crippen LogP contribution in [0.15, 0.2) is 36.2 Å². The summed E-state index contributed by atoms with van der Waals surface area (Å²) in [5, 5.41) is 6.17. The van der Waals surface area contributed by atoms with E-state index in [1.165, 1.54) is 16.2 Å². The summed E-state index contributed by atoms with van der Waals surface area (Å²) in [5.41, 5.74) is -0.0927. The number of ketones is 1. The summed E-state index contributed by atoms with van der Waals surface area (Å²) in [6.45, 7) is 23.9. The van der Waals surface area contributed by atoms with Gasteiger partial charge >= 0.3 is 6.09 Å². The Morgan fingerprint density at radius 1 is 1.08 bits per heavy atom. The lowest BCUT2D eigenvalue weighted by Crippen LogP contribution is -2.58. The second-order valence-corrected chi connectivity index (χ2v) is 22.7. The summed E-state index contributed by atoms with van der Waals surface area (Å²) in [4.78, 5) is 68.3. The maximum absolute atomic E-state index is 15.0. The van der Waals surface area contributed by atoms with Crippen LogP contribution in [0.1, 0.15) is 112 Å². The van der Waals surface area contributed by atoms with Crippen LogP contribution in [0, 0.1) is 29.6 Å². The van der Waals surface area contributed by atoms with E-state index in [1.54, 1.807) is 61.7 Å². The number of nitrogens with zero attached hydrogens (tertiary/aromatic N) is 3. The van der Waals surface area contributed by atoms with Crippen molar-refractivity contribution in [3.63, 3.8) is 0 Å². The molecular weight excluding hydrogens is 819 g/mol. The number of hydrogen-bond acceptors (Lipinski definition) is 12. The van der Waals surface area contributed by atoms with Crippen molar-refractivity contribution in [2.75, 3.05) is 13.7 Å². The predicted octanol–water partition coefficient (Wildman–Crippen LogP) is 7.48. The van der Waals surface area contributed by atoms with Gasteiger partial charge < -0.3 is 24.4 Å². The van der Waals surface area contributed by atoms with E-state index in [-0.39, 0.29) is 25.3 Å². The summed E-state index contributed by atoms with van der Waals surface area (Å²) in [6, 6.07) is 3.28. The number of nitrogens with one attached hydrogen (secondary N) is 2. The molecule has 332 valence electrons. The Hall–Kier alpha value is -4.57. The molecule has 3 fully saturated rings. The largest absolute Gasteiger partial charge is 0.496 e. The summed E-state index contributed by atoms with van der Waals surface area (Å²) in [5.74, 6) is -1.49. The molecule has 3 aliphatic rings. The highest BCUT2D eigenvalue weighted by molar-refractivity contribution is 7.91. The Kier molecular flexibility index (Phi) is 12.3. The first-order chi connectivity index (χ1) is 28.3. The highest BCUT2D eigenvalue weighted by atomic mass is 32.2. The van der Waals surface area contributed by atoms with Gasteiger partial charge in [-0.1, -0.05) is 47.6 Å². The SMILES string of the molecule is C=C[C@@H]1C[C@]1(CC(=O)[C@@H]1[C@H](C)[C@@H](Oc2cc(-c3nc(C(C)C)cs3)nc3c(C)c(OC)ccc23)CN1C(=O)[C@@H](NC(=O)OC(C)(C)C)C(C)(C)C)C(=O)NS(=O)(=O)C1(C)CC1. The van der Waals surface area contributed by atoms with E-state index in [4.69, 9.17) is 24.2 Å². The molecule has 0 radical (unpaired) electrons. The van der Waals surface area contributed by atoms with E-state index < -0.39 is 84.9 Å². The van der Waals surface area contributed by atoms with E-state index in [1.807, 2.05) is 37.4 Å². The monoisotopic (exact) mass is 879 g/mol. The molecule has 6 rings (SSSR count). The van der Waals surface area contributed by atoms with Crippen LogP contribution in [-0.2, 0) is 29.1 Å². The van der Waals surface area contributed by atoms with E-state index >= 15 is 0 Å². The Morgan fingerprint density at radius 3 is 2.30 bits per heavy atom. The van der Waals surface area contributed by atoms with Crippen LogP contribution in [0.2, 0.25) is 0 Å². The minimum atomic E-state index is -4.00. The predicted molar refractivity (Wildman–Crippen MR) is 235 cm³/mol. The standard InChI is InChI=1S/C45H61N5O9S2/c1-14-27-20-45(27,40(53)49-61(55,56)44(12)17-18-44)21-31(51)36-26(5)34(22-50(36)39(52)37(42(6,7)8)48-41(54)59-43(9,10)11)58-33-19-29(38-47-30(23-60-38)24(2)3)46-35-25(4)32(57-13)16-15-28(33)35/h14-16,19,23-24,26-27,34,36-37H,1,17-18,20-22H2,2-13H3,(H,48,54)(H,49,53)/t26-,27-,34+,36+,37-,45-/m1/s1. The quantitative estimate of drug-likeness (QED) is 0.153. The van der Waals surface area contributed by atoms with Crippen LogP contribution in [0.25, 0.3) is 21.6 Å². The molecule has 3 heterocycles. The number of Topliss-reactive ketones (excluding diaryl/α,β-unsaturated/α-hetero) is 1. The second-order valence-electron chi connectivity index (χ2n) is 19.7. The molecule has 2 saturated carbocycles. The molecule has 6 atom stereocenters. The van der Waals surface area contributed by atoms with Gasteiger partial charge in [0.2, 0.25) is 21.8 Å². The number of pyridine rings is 1. The fourth-order valence-electron chi connectivity index (χ4n) is 8.07. The van der Waals surface area contributed by atoms with Gasteiger partial charge in [-0.15, -0.1) is 17.9 Å². The van der Waals surface area contributed by atoms with Crippen molar-refractivity contribution in [3.05, 3.63) is 47.5 Å². The summed E-state index contributed by atoms with van der Waals surface area (Å²) >= 11 is 1.47. The molecule has 0 spiro atoms. The van der Waals surface area contributed by atoms with Gasteiger partial charge in [0.1, 0.15) is 39.9 Å². The Balaban J connectivity index is 1.40. The molecule has 1 aliphatic heterocycles. The molecule has 0 bridgehead atoms. The van der Waals surface area contributed by atoms with Crippen molar-refractivity contribution in [2.24, 2.45) is 22.7 Å². The fraction of sp³-hybridized carbons (Fsp3) is 0.600. The van der Waals surface area contributed by atoms with Gasteiger partial charge in [-0.05, 0) is 83.3 Å². The zero-order valence-corrected chi connectivity index (χ0v) is 39.1. The fourth-order valence-corrected chi connectivity index (χ4v) is 10.3. The van der Waals surface area contributed by atoms with Gasteiger partial charge in [0.05, 0.1) is 41.1 Å². The third-order valence-corrected chi connectivity index (χ3v) is 15.4. The number of carbonyl (C=O) groups excluding carboxylic acids is 4. The molecule has 2 N–H and O–H groups in total. The lowest BCUT2D eigenvalue weighted by Gasteiger charge is -2.36. The Labute approximate surface area is 363 Å². The molecule has 16 heteroatoms. The zero-order valence-electron chi connectivity index (χ0n) is 37.4. The molecule has 2 aliphatic carbocycles. The van der Waals surface area contributed by atoms with Gasteiger partial charge in [-0.2, -0.15) is 0 Å². The molecule has 1 aromatic carbocycles. The first-order valence-corrected chi connectivity index (χ1v) is 23.2. The van der Waals surface area contributed by atoms with Crippen molar-refractivity contribution < 1.29 is 41.8 Å². The normalized spacial score (nSPS) is 23.9. The number of fused-ring (bicyclic) bond motifs is 1. The number of benzene rings is 1. The number of aryl methyl sites for hydroxylation is 1. The average molecular weight is 880 g/mol. The highest BCUT2D eigenvalue weighted by Crippen LogP contribution is 2.57. The summed E-state index contributed by atoms with van der Waals surface area (Å²) in [6.07, 6.45) is 0.780. The van der Waals surface area contributed by atoms with Crippen LogP contribution in [0.5, 0.6) is 11.5 Å². The summed E-state index contributed by atoms with van der Waals surface area (Å²) in [7, 11) is -2.40. The number of carbonyl (C=O) groups is 4. The van der Waals surface area contributed by atoms with Crippen molar-refractivity contribution in [3.8, 4) is 22.2 Å². The Morgan fingerprint density at radius 2 is 1.75 bits per heavy atom. The van der Waals surface area contributed by atoms with Crippen molar-refractivity contribution in [1.29, 1.82) is 0 Å². The van der Waals surface area contributed by atoms with E-state index in [2.05, 4.69) is 30.5 Å². The zero-order chi connectivity index (χ0) is 45.2. The minimum Gasteiger partial charge on any atom is -0.496 e. The van der Waals surface area contributed by atoms with E-state index in [0.29, 0.717) is 45.9 Å². The number of alkyl carbamates (subject to hydrolysis) is 1. The first-order valence-electron chi connectivity index (χ1n) is 20.9. The maximum atomic E-state index is 15.0. The Bertz CT molecular complexity index is 2360. The third kappa shape index (κ3) is 9.16. The lowest BCUT2D eigenvalue weighted by atomic mass is 9.84. The molecular formula is C45H61N5O9S2. The van der Waals surface area contributed by atoms with Gasteiger partial charge in [-0.25, -0.2) is 23.2 Å². The molecule has 2 aromatic heterocycles. The van der Waals surface area contributed by atoms with E-state index in [0.717, 1.165) is 11.3 Å². The second kappa shape index (κ2) is 16.3. The minimum absolute atomic E-state index is 0.0428. The molecule has 3 aromatic rings. The topological polar surface area (TPSA) is 183 Å². The van der Waals surface area contributed by atoms with Crippen molar-refractivity contribution in [1.82, 2.24) is 24.9 Å². The first kappa shape index (κ1) is 45.9. The number of thiazole rings is 1. The smallest absolute Gasteiger partial charge is 0.408 e. The van der Waals surface area contributed by atoms with Gasteiger partial charge in [0.25, 0.3) is 0 Å². The number of hydrogen-bond donors (Lipinski definition) is 2. The van der Waals surface area contributed by atoms with Crippen LogP contribution in [0.4, 0.5) is 4.79 Å². The molecule has 3 amide bonds. The van der Waals surface area contributed by atoms with Gasteiger partial charge in [0.15, 0.2) is 5.78 Å². The molecule has 1 saturated heterocycles. The van der Waals surface area contributed by atoms with Crippen molar-refractivity contribution in [2.45, 2.75) is 136 Å². The highest BCUT2D eigenvalue weighted by Gasteiger charge is 2.63. The number of aromatic nitrogens is 2. The van der Waals surface area contributed by atoms with Gasteiger partial charge in [-0.3, -0.25) is 19.1 Å². The third-order valence-electron chi connectivity index (χ3n) is 12.4. The molecule has 14 nitrogen and oxygen atoms in total. The summed E-state index contributed by atoms with van der Waals surface area (Å²) < 4.78 is 45.8. The number of amides is 3. The number of likely N-dealkylation sites (tertiary alicyclic amines) is 1. The van der Waals surface area contributed by atoms with Crippen LogP contribution >= 0.6 is 11.3 Å². The van der Waals surface area contributed by atoms with Gasteiger partial charge in [0, 0.05) is 34.7 Å². The lowest BCUT2D eigenvalue weighted by molar-refractivity contribution is -0.143. The molecule has 61 heavy (non-hydrogen) atoms. The van der Waals surface area contributed by atoms with Crippen molar-refractivity contribution >= 4 is 56.0 Å². The van der Waals surface area contributed by atoms with Crippen LogP contribution < -0.4 is 19.5 Å². The number of allylic oxidation sites excluding steroid dienone is 1. The maximum Gasteiger partial charge on any atom is 0.408 e. The average Bonchev–Trinajstić information content (AvgIpc) is 3.98. The molecule has 0 unspecified atom stereocenters. The number of ether oxygens (including phenoxy) is 3.